The van der Waals surface area contributed by atoms with Crippen LogP contribution in [0.15, 0.2) is 24.3 Å². The molecule has 5 heteroatoms. The number of ketones is 1. The average Bonchev–Trinajstić information content (AvgIpc) is 2.51. The Morgan fingerprint density at radius 2 is 2.14 bits per heavy atom. The number of rotatable bonds is 7. The highest BCUT2D eigenvalue weighted by molar-refractivity contribution is 5.96. The largest absolute Gasteiger partial charge is 0.394 e. The molecule has 1 aromatic rings. The third-order valence-corrected chi connectivity index (χ3v) is 3.78. The molecule has 0 radical (unpaired) electrons. The third-order valence-electron chi connectivity index (χ3n) is 3.78. The minimum absolute atomic E-state index is 0.0202. The quantitative estimate of drug-likeness (QED) is 0.780. The van der Waals surface area contributed by atoms with E-state index in [0.29, 0.717) is 25.1 Å². The summed E-state index contributed by atoms with van der Waals surface area (Å²) in [5, 5.41) is 8.72. The standard InChI is InChI=1S/C16H22FNO3/c17-14-3-1-2-13(12-14)16(20)6-9-18-7-4-15(5-8-18)21-11-10-19/h1-3,12,15,19H,4-11H2. The van der Waals surface area contributed by atoms with Crippen molar-refractivity contribution < 1.29 is 19.0 Å². The first-order valence-corrected chi connectivity index (χ1v) is 7.42. The van der Waals surface area contributed by atoms with Crippen LogP contribution in [0.5, 0.6) is 0 Å². The number of benzene rings is 1. The van der Waals surface area contributed by atoms with Gasteiger partial charge in [-0.25, -0.2) is 4.39 Å². The first-order chi connectivity index (χ1) is 10.2. The van der Waals surface area contributed by atoms with Gasteiger partial charge in [-0.15, -0.1) is 0 Å². The van der Waals surface area contributed by atoms with Crippen LogP contribution in [0.1, 0.15) is 29.6 Å². The molecule has 0 unspecified atom stereocenters. The lowest BCUT2D eigenvalue weighted by Gasteiger charge is -2.31. The van der Waals surface area contributed by atoms with Crippen molar-refractivity contribution in [3.8, 4) is 0 Å². The van der Waals surface area contributed by atoms with Crippen molar-refractivity contribution in [3.63, 3.8) is 0 Å². The normalized spacial score (nSPS) is 17.0. The van der Waals surface area contributed by atoms with Crippen molar-refractivity contribution in [1.29, 1.82) is 0 Å². The molecule has 0 bridgehead atoms. The number of halogens is 1. The van der Waals surface area contributed by atoms with E-state index in [2.05, 4.69) is 4.90 Å². The van der Waals surface area contributed by atoms with Gasteiger partial charge in [0.2, 0.25) is 0 Å². The molecular weight excluding hydrogens is 273 g/mol. The lowest BCUT2D eigenvalue weighted by molar-refractivity contribution is -0.00760. The van der Waals surface area contributed by atoms with Gasteiger partial charge in [-0.05, 0) is 25.0 Å². The summed E-state index contributed by atoms with van der Waals surface area (Å²) >= 11 is 0. The maximum atomic E-state index is 13.1. The Kier molecular flexibility index (Phi) is 6.29. The Morgan fingerprint density at radius 1 is 1.38 bits per heavy atom. The van der Waals surface area contributed by atoms with Gasteiger partial charge in [-0.1, -0.05) is 12.1 Å². The zero-order chi connectivity index (χ0) is 15.1. The molecule has 1 heterocycles. The minimum Gasteiger partial charge on any atom is -0.394 e. The van der Waals surface area contributed by atoms with Crippen LogP contribution < -0.4 is 0 Å². The fourth-order valence-electron chi connectivity index (χ4n) is 2.58. The van der Waals surface area contributed by atoms with Crippen molar-refractivity contribution >= 4 is 5.78 Å². The van der Waals surface area contributed by atoms with E-state index in [1.807, 2.05) is 0 Å². The zero-order valence-electron chi connectivity index (χ0n) is 12.1. The molecule has 0 aromatic heterocycles. The number of aliphatic hydroxyl groups excluding tert-OH is 1. The number of carbonyl (C=O) groups is 1. The van der Waals surface area contributed by atoms with Crippen molar-refractivity contribution in [2.24, 2.45) is 0 Å². The maximum absolute atomic E-state index is 13.1. The van der Waals surface area contributed by atoms with Crippen LogP contribution in [-0.4, -0.2) is 54.7 Å². The number of carbonyl (C=O) groups excluding carboxylic acids is 1. The van der Waals surface area contributed by atoms with E-state index in [1.165, 1.54) is 12.1 Å². The van der Waals surface area contributed by atoms with Gasteiger partial charge in [-0.3, -0.25) is 4.79 Å². The molecule has 0 amide bonds. The fourth-order valence-corrected chi connectivity index (χ4v) is 2.58. The highest BCUT2D eigenvalue weighted by Gasteiger charge is 2.20. The number of hydrogen-bond acceptors (Lipinski definition) is 4. The summed E-state index contributed by atoms with van der Waals surface area (Å²) in [5.74, 6) is -0.393. The molecule has 1 saturated heterocycles. The number of piperidine rings is 1. The predicted molar refractivity (Wildman–Crippen MR) is 77.8 cm³/mol. The van der Waals surface area contributed by atoms with E-state index >= 15 is 0 Å². The molecule has 1 fully saturated rings. The summed E-state index contributed by atoms with van der Waals surface area (Å²) in [6, 6.07) is 5.85. The van der Waals surface area contributed by atoms with E-state index in [9.17, 15) is 9.18 Å². The van der Waals surface area contributed by atoms with Crippen LogP contribution in [0, 0.1) is 5.82 Å². The first kappa shape index (κ1) is 16.1. The fraction of sp³-hybridized carbons (Fsp3) is 0.562. The van der Waals surface area contributed by atoms with Crippen LogP contribution in [0.2, 0.25) is 0 Å². The summed E-state index contributed by atoms with van der Waals surface area (Å²) in [5.41, 5.74) is 0.441. The molecule has 1 aliphatic rings. The second-order valence-electron chi connectivity index (χ2n) is 5.32. The Balaban J connectivity index is 1.71. The van der Waals surface area contributed by atoms with Gasteiger partial charge in [-0.2, -0.15) is 0 Å². The number of ether oxygens (including phenoxy) is 1. The van der Waals surface area contributed by atoms with Crippen LogP contribution >= 0.6 is 0 Å². The summed E-state index contributed by atoms with van der Waals surface area (Å²) in [4.78, 5) is 14.2. The maximum Gasteiger partial charge on any atom is 0.164 e. The van der Waals surface area contributed by atoms with Gasteiger partial charge >= 0.3 is 0 Å². The Labute approximate surface area is 124 Å². The molecule has 1 aromatic carbocycles. The monoisotopic (exact) mass is 295 g/mol. The predicted octanol–water partition coefficient (Wildman–Crippen LogP) is 1.87. The molecule has 0 saturated carbocycles. The molecule has 0 atom stereocenters. The van der Waals surface area contributed by atoms with E-state index in [-0.39, 0.29) is 24.3 Å². The van der Waals surface area contributed by atoms with Crippen molar-refractivity contribution in [2.45, 2.75) is 25.4 Å². The van der Waals surface area contributed by atoms with Crippen molar-refractivity contribution in [3.05, 3.63) is 35.6 Å². The molecule has 0 spiro atoms. The van der Waals surface area contributed by atoms with Gasteiger partial charge in [0.1, 0.15) is 5.82 Å². The van der Waals surface area contributed by atoms with Crippen molar-refractivity contribution in [2.75, 3.05) is 32.8 Å². The molecule has 4 nitrogen and oxygen atoms in total. The van der Waals surface area contributed by atoms with Gasteiger partial charge in [0.05, 0.1) is 19.3 Å². The highest BCUT2D eigenvalue weighted by atomic mass is 19.1. The second-order valence-corrected chi connectivity index (χ2v) is 5.32. The van der Waals surface area contributed by atoms with Crippen LogP contribution in [0.25, 0.3) is 0 Å². The van der Waals surface area contributed by atoms with Crippen molar-refractivity contribution in [1.82, 2.24) is 4.90 Å². The smallest absolute Gasteiger partial charge is 0.164 e. The summed E-state index contributed by atoms with van der Waals surface area (Å²) < 4.78 is 18.6. The summed E-state index contributed by atoms with van der Waals surface area (Å²) in [6.07, 6.45) is 2.47. The number of hydrogen-bond donors (Lipinski definition) is 1. The Bertz CT molecular complexity index is 459. The Morgan fingerprint density at radius 3 is 2.81 bits per heavy atom. The Hall–Kier alpha value is -1.30. The number of nitrogens with zero attached hydrogens (tertiary/aromatic N) is 1. The lowest BCUT2D eigenvalue weighted by Crippen LogP contribution is -2.38. The topological polar surface area (TPSA) is 49.8 Å². The highest BCUT2D eigenvalue weighted by Crippen LogP contribution is 2.14. The van der Waals surface area contributed by atoms with Crippen LogP contribution in [0.3, 0.4) is 0 Å². The molecule has 2 rings (SSSR count). The second kappa shape index (κ2) is 8.22. The SMILES string of the molecule is O=C(CCN1CCC(OCCO)CC1)c1cccc(F)c1. The van der Waals surface area contributed by atoms with Gasteiger partial charge in [0.15, 0.2) is 5.78 Å². The minimum atomic E-state index is -0.373. The molecule has 1 aliphatic heterocycles. The van der Waals surface area contributed by atoms with Gasteiger partial charge < -0.3 is 14.7 Å². The molecular formula is C16H22FNO3. The third kappa shape index (κ3) is 5.19. The van der Waals surface area contributed by atoms with E-state index in [0.717, 1.165) is 25.9 Å². The van der Waals surface area contributed by atoms with E-state index in [1.54, 1.807) is 12.1 Å². The summed E-state index contributed by atoms with van der Waals surface area (Å²) in [6.45, 7) is 2.94. The molecule has 21 heavy (non-hydrogen) atoms. The number of Topliss-reactive ketones (excluding diaryl/α,β-unsaturated/α-hetero) is 1. The first-order valence-electron chi connectivity index (χ1n) is 7.42. The zero-order valence-corrected chi connectivity index (χ0v) is 12.1. The molecule has 116 valence electrons. The summed E-state index contributed by atoms with van der Waals surface area (Å²) in [7, 11) is 0. The number of likely N-dealkylation sites (tertiary alicyclic amines) is 1. The molecule has 1 N–H and O–H groups in total. The van der Waals surface area contributed by atoms with Crippen LogP contribution in [-0.2, 0) is 4.74 Å². The van der Waals surface area contributed by atoms with Crippen LogP contribution in [0.4, 0.5) is 4.39 Å². The number of aliphatic hydroxyl groups is 1. The molecule has 0 aliphatic carbocycles. The van der Waals surface area contributed by atoms with Gasteiger partial charge in [0.25, 0.3) is 0 Å². The van der Waals surface area contributed by atoms with E-state index in [4.69, 9.17) is 9.84 Å². The van der Waals surface area contributed by atoms with Gasteiger partial charge in [0, 0.05) is 31.6 Å². The van der Waals surface area contributed by atoms with E-state index < -0.39 is 0 Å². The lowest BCUT2D eigenvalue weighted by atomic mass is 10.1. The average molecular weight is 295 g/mol.